The second-order valence-electron chi connectivity index (χ2n) is 8.42. The predicted octanol–water partition coefficient (Wildman–Crippen LogP) is 4.68. The van der Waals surface area contributed by atoms with Crippen molar-refractivity contribution in [1.29, 1.82) is 0 Å². The molecule has 5 rings (SSSR count). The van der Waals surface area contributed by atoms with Gasteiger partial charge in [-0.2, -0.15) is 0 Å². The van der Waals surface area contributed by atoms with Crippen molar-refractivity contribution in [2.45, 2.75) is 0 Å². The maximum absolute atomic E-state index is 14.5. The predicted molar refractivity (Wildman–Crippen MR) is 151 cm³/mol. The molecule has 36 heavy (non-hydrogen) atoms. The molecule has 0 atom stereocenters. The van der Waals surface area contributed by atoms with Crippen LogP contribution in [0.25, 0.3) is 0 Å². The van der Waals surface area contributed by atoms with E-state index in [-0.39, 0.29) is 11.6 Å². The molecule has 0 aliphatic heterocycles. The van der Waals surface area contributed by atoms with Gasteiger partial charge in [-0.3, -0.25) is 0 Å². The van der Waals surface area contributed by atoms with E-state index >= 15 is 0 Å². The number of ketones is 2. The van der Waals surface area contributed by atoms with Gasteiger partial charge in [-0.1, -0.05) is 0 Å². The summed E-state index contributed by atoms with van der Waals surface area (Å²) in [5, 5.41) is 0. The van der Waals surface area contributed by atoms with Crippen LogP contribution in [0.3, 0.4) is 0 Å². The monoisotopic (exact) mass is 528 g/mol. The molecule has 174 valence electrons. The van der Waals surface area contributed by atoms with E-state index in [2.05, 4.69) is 36.4 Å². The number of Topliss-reactive ketones (excluding diaryl/α,β-unsaturated/α-hetero) is 2. The molecule has 0 heterocycles. The average molecular weight is 528 g/mol. The van der Waals surface area contributed by atoms with Crippen LogP contribution < -0.4 is 13.1 Å². The summed E-state index contributed by atoms with van der Waals surface area (Å²) >= 11 is -3.85. The average Bonchev–Trinajstić information content (AvgIpc) is 2.97. The van der Waals surface area contributed by atoms with E-state index in [1.807, 2.05) is 91.0 Å². The first-order valence-electron chi connectivity index (χ1n) is 11.9. The van der Waals surface area contributed by atoms with Gasteiger partial charge < -0.3 is 0 Å². The molecular weight excluding hydrogens is 503 g/mol. The Morgan fingerprint density at radius 1 is 0.361 bits per heavy atom. The van der Waals surface area contributed by atoms with Gasteiger partial charge in [-0.25, -0.2) is 0 Å². The van der Waals surface area contributed by atoms with Gasteiger partial charge in [0.25, 0.3) is 0 Å². The molecule has 0 fully saturated rings. The summed E-state index contributed by atoms with van der Waals surface area (Å²) in [6.07, 6.45) is 0. The van der Waals surface area contributed by atoms with E-state index in [0.29, 0.717) is 15.4 Å². The van der Waals surface area contributed by atoms with Crippen molar-refractivity contribution in [2.75, 3.05) is 0 Å². The van der Waals surface area contributed by atoms with E-state index in [1.54, 1.807) is 24.3 Å². The van der Waals surface area contributed by atoms with Crippen LogP contribution in [0.1, 0.15) is 20.7 Å². The van der Waals surface area contributed by atoms with Crippen molar-refractivity contribution < 1.29 is 9.59 Å². The van der Waals surface area contributed by atoms with Crippen LogP contribution in [-0.4, -0.2) is 29.0 Å². The number of carbonyl (C=O) groups is 2. The number of rotatable bonds is 7. The fraction of sp³-hybridized carbons (Fsp3) is 0. The third-order valence-corrected chi connectivity index (χ3v) is 15.3. The van der Waals surface area contributed by atoms with Crippen LogP contribution in [0.15, 0.2) is 152 Å². The number of carbonyl (C=O) groups excluding carboxylic acids is 2. The Kier molecular flexibility index (Phi) is 6.98. The molecule has 0 saturated carbocycles. The van der Waals surface area contributed by atoms with E-state index in [4.69, 9.17) is 0 Å². The van der Waals surface area contributed by atoms with Gasteiger partial charge in [0.2, 0.25) is 0 Å². The van der Waals surface area contributed by atoms with Crippen LogP contribution >= 0.6 is 0 Å². The molecule has 0 aliphatic carbocycles. The molecule has 2 nitrogen and oxygen atoms in total. The molecule has 0 spiro atoms. The summed E-state index contributed by atoms with van der Waals surface area (Å²) in [4.78, 5) is 29.0. The minimum absolute atomic E-state index is 0.214. The topological polar surface area (TPSA) is 34.1 Å². The Bertz CT molecular complexity index is 1370. The fourth-order valence-corrected chi connectivity index (χ4v) is 13.9. The second-order valence-corrected chi connectivity index (χ2v) is 15.4. The van der Waals surface area contributed by atoms with E-state index < -0.39 is 13.1 Å². The SMILES string of the molecule is O=C(C(C(=O)c1ccccc1)=[As](c1ccccc1)(c1ccccc1)c1ccccc1)c1ccccc1. The zero-order valence-electron chi connectivity index (χ0n) is 19.7. The van der Waals surface area contributed by atoms with Crippen LogP contribution in [0.5, 0.6) is 0 Å². The first-order chi connectivity index (χ1) is 17.7. The van der Waals surface area contributed by atoms with Gasteiger partial charge in [-0.15, -0.1) is 0 Å². The van der Waals surface area contributed by atoms with Crippen molar-refractivity contribution in [3.63, 3.8) is 0 Å². The van der Waals surface area contributed by atoms with Crippen molar-refractivity contribution in [3.8, 4) is 0 Å². The van der Waals surface area contributed by atoms with Gasteiger partial charge in [0.05, 0.1) is 0 Å². The zero-order chi connectivity index (χ0) is 24.8. The number of hydrogen-bond acceptors (Lipinski definition) is 2. The van der Waals surface area contributed by atoms with Gasteiger partial charge in [0.1, 0.15) is 0 Å². The van der Waals surface area contributed by atoms with Crippen molar-refractivity contribution in [3.05, 3.63) is 163 Å². The molecule has 5 aromatic carbocycles. The summed E-state index contributed by atoms with van der Waals surface area (Å²) in [6.45, 7) is 0. The molecule has 0 aromatic heterocycles. The fourth-order valence-electron chi connectivity index (χ4n) is 4.65. The van der Waals surface area contributed by atoms with E-state index in [0.717, 1.165) is 13.1 Å². The Morgan fingerprint density at radius 3 is 0.889 bits per heavy atom. The molecule has 0 amide bonds. The summed E-state index contributed by atoms with van der Waals surface area (Å²) in [5.41, 5.74) is 1.04. The Morgan fingerprint density at radius 2 is 0.611 bits per heavy atom. The minimum atomic E-state index is -3.85. The van der Waals surface area contributed by atoms with Crippen molar-refractivity contribution >= 4 is 42.0 Å². The molecule has 0 bridgehead atoms. The molecule has 5 aromatic rings. The second kappa shape index (κ2) is 10.6. The summed E-state index contributed by atoms with van der Waals surface area (Å²) in [6, 6.07) is 48.7. The van der Waals surface area contributed by atoms with Gasteiger partial charge in [0, 0.05) is 0 Å². The van der Waals surface area contributed by atoms with Crippen LogP contribution in [0, 0.1) is 0 Å². The Hall–Kier alpha value is -4.13. The summed E-state index contributed by atoms with van der Waals surface area (Å²) in [7, 11) is 0. The number of hydrogen-bond donors (Lipinski definition) is 0. The van der Waals surface area contributed by atoms with Crippen LogP contribution in [-0.2, 0) is 0 Å². The standard InChI is InChI=1S/C33H25AsO2/c35-32(26-16-6-1-7-17-26)31(33(36)27-18-8-2-9-19-27)34(28-20-10-3-11-21-28,29-22-12-4-13-23-29)30-24-14-5-15-25-30/h1-25H. The van der Waals surface area contributed by atoms with Crippen LogP contribution in [0.2, 0.25) is 0 Å². The maximum atomic E-state index is 14.5. The Balaban J connectivity index is 2.03. The first-order valence-corrected chi connectivity index (χ1v) is 15.6. The molecule has 3 heteroatoms. The quantitative estimate of drug-likeness (QED) is 0.175. The first kappa shape index (κ1) is 23.6. The normalized spacial score (nSPS) is 11.0. The zero-order valence-corrected chi connectivity index (χ0v) is 21.6. The Labute approximate surface area is 213 Å². The van der Waals surface area contributed by atoms with Crippen molar-refractivity contribution in [1.82, 2.24) is 0 Å². The van der Waals surface area contributed by atoms with Crippen molar-refractivity contribution in [2.24, 2.45) is 0 Å². The van der Waals surface area contributed by atoms with E-state index in [9.17, 15) is 9.59 Å². The summed E-state index contributed by atoms with van der Waals surface area (Å²) < 4.78 is 3.44. The molecule has 0 N–H and O–H groups in total. The molecule has 0 radical (unpaired) electrons. The number of benzene rings is 5. The molecule has 0 saturated heterocycles. The summed E-state index contributed by atoms with van der Waals surface area (Å²) in [5.74, 6) is -0.429. The molecular formula is C33H25AsO2. The van der Waals surface area contributed by atoms with Gasteiger partial charge in [0.15, 0.2) is 0 Å². The molecule has 0 unspecified atom stereocenters. The van der Waals surface area contributed by atoms with Gasteiger partial charge in [-0.05, 0) is 0 Å². The third kappa shape index (κ3) is 4.32. The molecule has 0 aliphatic rings. The van der Waals surface area contributed by atoms with E-state index in [1.165, 1.54) is 0 Å². The van der Waals surface area contributed by atoms with Crippen LogP contribution in [0.4, 0.5) is 0 Å². The van der Waals surface area contributed by atoms with Gasteiger partial charge >= 0.3 is 214 Å². The third-order valence-electron chi connectivity index (χ3n) is 6.27.